The van der Waals surface area contributed by atoms with Crippen molar-refractivity contribution in [2.75, 3.05) is 13.7 Å². The molecule has 0 radical (unpaired) electrons. The number of pyridine rings is 1. The molecule has 2 aliphatic carbocycles. The van der Waals surface area contributed by atoms with Crippen LogP contribution in [0.4, 0.5) is 0 Å². The highest BCUT2D eigenvalue weighted by atomic mass is 16.5. The topological polar surface area (TPSA) is 83.4 Å². The molecule has 5 rings (SSSR count). The molecule has 2 aromatic heterocycles. The van der Waals surface area contributed by atoms with Gasteiger partial charge in [-0.1, -0.05) is 25.1 Å². The maximum Gasteiger partial charge on any atom is 0.225 e. The van der Waals surface area contributed by atoms with Gasteiger partial charge in [0.15, 0.2) is 5.78 Å². The number of Topliss-reactive ketones (excluding diaryl/α,β-unsaturated/α-hetero) is 1. The summed E-state index contributed by atoms with van der Waals surface area (Å²) in [5.74, 6) is 2.69. The number of hydrogen-bond acceptors (Lipinski definition) is 7. The molecule has 0 amide bonds. The first-order chi connectivity index (χ1) is 18.1. The number of hydrogen-bond donors (Lipinski definition) is 0. The van der Waals surface area contributed by atoms with Gasteiger partial charge in [0.2, 0.25) is 11.8 Å². The van der Waals surface area contributed by atoms with E-state index in [2.05, 4.69) is 11.1 Å². The summed E-state index contributed by atoms with van der Waals surface area (Å²) in [6.07, 6.45) is 10.3. The van der Waals surface area contributed by atoms with Gasteiger partial charge in [0.1, 0.15) is 17.7 Å². The van der Waals surface area contributed by atoms with Gasteiger partial charge in [-0.25, -0.2) is 9.97 Å². The molecule has 1 aromatic carbocycles. The van der Waals surface area contributed by atoms with E-state index in [4.69, 9.17) is 24.2 Å². The van der Waals surface area contributed by atoms with Crippen LogP contribution in [0.15, 0.2) is 42.6 Å². The van der Waals surface area contributed by atoms with E-state index < -0.39 is 0 Å². The van der Waals surface area contributed by atoms with Gasteiger partial charge >= 0.3 is 0 Å². The molecule has 7 heteroatoms. The van der Waals surface area contributed by atoms with Gasteiger partial charge in [0.05, 0.1) is 25.0 Å². The van der Waals surface area contributed by atoms with Crippen LogP contribution < -0.4 is 14.2 Å². The van der Waals surface area contributed by atoms with E-state index in [9.17, 15) is 4.79 Å². The molecule has 0 atom stereocenters. The highest BCUT2D eigenvalue weighted by Gasteiger charge is 2.28. The third-order valence-corrected chi connectivity index (χ3v) is 6.96. The van der Waals surface area contributed by atoms with E-state index in [1.807, 2.05) is 50.4 Å². The normalized spacial score (nSPS) is 14.8. The number of ether oxygens (including phenoxy) is 3. The van der Waals surface area contributed by atoms with Crippen LogP contribution in [0.25, 0.3) is 5.57 Å². The van der Waals surface area contributed by atoms with E-state index >= 15 is 0 Å². The number of allylic oxidation sites excluding steroid dienone is 1. The van der Waals surface area contributed by atoms with Crippen molar-refractivity contribution >= 4 is 11.4 Å². The Balaban J connectivity index is 1.49. The van der Waals surface area contributed by atoms with Crippen LogP contribution in [0.3, 0.4) is 0 Å². The molecule has 192 valence electrons. The number of aromatic nitrogens is 3. The number of ketones is 1. The number of carbonyl (C=O) groups excluding carboxylic acids is 1. The first-order valence-electron chi connectivity index (χ1n) is 13.2. The van der Waals surface area contributed by atoms with Crippen molar-refractivity contribution in [2.24, 2.45) is 0 Å². The highest BCUT2D eigenvalue weighted by molar-refractivity contribution is 5.96. The number of carbonyl (C=O) groups is 1. The molecule has 1 saturated carbocycles. The van der Waals surface area contributed by atoms with Crippen LogP contribution in [0, 0.1) is 0 Å². The van der Waals surface area contributed by atoms with Crippen LogP contribution in [0.1, 0.15) is 84.5 Å². The molecule has 0 bridgehead atoms. The summed E-state index contributed by atoms with van der Waals surface area (Å²) in [6.45, 7) is 4.39. The Hall–Kier alpha value is -3.74. The molecule has 0 unspecified atom stereocenters. The third kappa shape index (κ3) is 5.36. The van der Waals surface area contributed by atoms with E-state index in [-0.39, 0.29) is 11.9 Å². The Labute approximate surface area is 217 Å². The number of nitrogens with zero attached hydrogens (tertiary/aromatic N) is 3. The van der Waals surface area contributed by atoms with E-state index in [1.165, 1.54) is 12.8 Å². The molecule has 3 aromatic rings. The quantitative estimate of drug-likeness (QED) is 0.327. The minimum Gasteiger partial charge on any atom is -0.496 e. The maximum atomic E-state index is 12.2. The van der Waals surface area contributed by atoms with Crippen molar-refractivity contribution < 1.29 is 19.0 Å². The molecule has 37 heavy (non-hydrogen) atoms. The molecule has 0 saturated heterocycles. The minimum atomic E-state index is 0.0910. The summed E-state index contributed by atoms with van der Waals surface area (Å²) in [6, 6.07) is 9.51. The Bertz CT molecular complexity index is 1310. The lowest BCUT2D eigenvalue weighted by molar-refractivity contribution is 0.0988. The fourth-order valence-corrected chi connectivity index (χ4v) is 5.05. The van der Waals surface area contributed by atoms with Crippen LogP contribution in [-0.4, -0.2) is 40.6 Å². The summed E-state index contributed by atoms with van der Waals surface area (Å²) in [4.78, 5) is 26.5. The number of methoxy groups -OCH3 is 1. The second-order valence-corrected chi connectivity index (χ2v) is 9.41. The first-order valence-corrected chi connectivity index (χ1v) is 13.2. The monoisotopic (exact) mass is 499 g/mol. The van der Waals surface area contributed by atoms with Crippen LogP contribution in [0.2, 0.25) is 0 Å². The molecule has 1 fully saturated rings. The van der Waals surface area contributed by atoms with Crippen molar-refractivity contribution in [3.8, 4) is 17.5 Å². The summed E-state index contributed by atoms with van der Waals surface area (Å²) < 4.78 is 17.7. The summed E-state index contributed by atoms with van der Waals surface area (Å²) in [5.41, 5.74) is 5.54. The van der Waals surface area contributed by atoms with Crippen LogP contribution in [-0.2, 0) is 12.8 Å². The minimum absolute atomic E-state index is 0.0910. The van der Waals surface area contributed by atoms with Gasteiger partial charge in [0.25, 0.3) is 0 Å². The third-order valence-electron chi connectivity index (χ3n) is 6.96. The smallest absolute Gasteiger partial charge is 0.225 e. The number of rotatable bonds is 10. The van der Waals surface area contributed by atoms with Crippen molar-refractivity contribution in [3.63, 3.8) is 0 Å². The predicted octanol–water partition coefficient (Wildman–Crippen LogP) is 5.77. The van der Waals surface area contributed by atoms with Crippen molar-refractivity contribution in [3.05, 3.63) is 76.4 Å². The van der Waals surface area contributed by atoms with E-state index in [1.54, 1.807) is 7.11 Å². The van der Waals surface area contributed by atoms with E-state index in [0.717, 1.165) is 40.8 Å². The number of fused-ring (bicyclic) bond motifs is 1. The average molecular weight is 500 g/mol. The van der Waals surface area contributed by atoms with Gasteiger partial charge in [-0.15, -0.1) is 0 Å². The van der Waals surface area contributed by atoms with Gasteiger partial charge in [-0.2, -0.15) is 4.98 Å². The zero-order valence-electron chi connectivity index (χ0n) is 21.8. The molecular weight excluding hydrogens is 466 g/mol. The summed E-state index contributed by atoms with van der Waals surface area (Å²) >= 11 is 0. The van der Waals surface area contributed by atoms with Gasteiger partial charge in [0, 0.05) is 48.2 Å². The molecule has 0 N–H and O–H groups in total. The van der Waals surface area contributed by atoms with Crippen LogP contribution >= 0.6 is 0 Å². The Kier molecular flexibility index (Phi) is 7.49. The van der Waals surface area contributed by atoms with Crippen LogP contribution in [0.5, 0.6) is 17.5 Å². The Morgan fingerprint density at radius 2 is 1.92 bits per heavy atom. The fourth-order valence-electron chi connectivity index (χ4n) is 5.05. The highest BCUT2D eigenvalue weighted by Crippen LogP contribution is 2.39. The van der Waals surface area contributed by atoms with Crippen molar-refractivity contribution in [2.45, 2.75) is 64.9 Å². The standard InChI is InChI=1S/C30H33N3O4/c1-4-25(34)19-10-11-20(26(16-19)35-3)17-27-32-24-14-13-23(21-12-15-28(31-18-21)36-5-2)29(24)30(33-27)37-22-8-6-7-9-22/h10-13,15-16,18,22H,4-9,14,17H2,1-3H3. The fraction of sp³-hybridized carbons (Fsp3) is 0.400. The van der Waals surface area contributed by atoms with Gasteiger partial charge < -0.3 is 14.2 Å². The SMILES string of the molecule is CCOc1ccc(C2=CCc3nc(Cc4ccc(C(=O)CC)cc4OC)nc(OC4CCCC4)c32)cn1. The van der Waals surface area contributed by atoms with Crippen molar-refractivity contribution in [1.29, 1.82) is 0 Å². The predicted molar refractivity (Wildman–Crippen MR) is 142 cm³/mol. The Morgan fingerprint density at radius 1 is 1.08 bits per heavy atom. The second-order valence-electron chi connectivity index (χ2n) is 9.41. The zero-order valence-corrected chi connectivity index (χ0v) is 21.8. The summed E-state index contributed by atoms with van der Waals surface area (Å²) in [5, 5.41) is 0. The van der Waals surface area contributed by atoms with E-state index in [0.29, 0.717) is 54.8 Å². The largest absolute Gasteiger partial charge is 0.496 e. The lowest BCUT2D eigenvalue weighted by atomic mass is 10.0. The lowest BCUT2D eigenvalue weighted by Gasteiger charge is -2.18. The maximum absolute atomic E-state index is 12.2. The molecule has 2 aliphatic rings. The first kappa shape index (κ1) is 24.9. The average Bonchev–Trinajstić information content (AvgIpc) is 3.59. The van der Waals surface area contributed by atoms with Crippen molar-refractivity contribution in [1.82, 2.24) is 15.0 Å². The molecule has 2 heterocycles. The number of benzene rings is 1. The molecular formula is C30H33N3O4. The lowest BCUT2D eigenvalue weighted by Crippen LogP contribution is -2.15. The molecule has 7 nitrogen and oxygen atoms in total. The summed E-state index contributed by atoms with van der Waals surface area (Å²) in [7, 11) is 1.62. The Morgan fingerprint density at radius 3 is 2.62 bits per heavy atom. The van der Waals surface area contributed by atoms with Gasteiger partial charge in [-0.05, 0) is 50.3 Å². The molecule has 0 aliphatic heterocycles. The second kappa shape index (κ2) is 11.1. The molecule has 0 spiro atoms. The van der Waals surface area contributed by atoms with Gasteiger partial charge in [-0.3, -0.25) is 4.79 Å². The zero-order chi connectivity index (χ0) is 25.8.